The number of piperidine rings is 1. The summed E-state index contributed by atoms with van der Waals surface area (Å²) in [6.07, 6.45) is 2.76. The van der Waals surface area contributed by atoms with E-state index in [4.69, 9.17) is 9.47 Å². The van der Waals surface area contributed by atoms with E-state index in [1.54, 1.807) is 11.4 Å². The van der Waals surface area contributed by atoms with Crippen LogP contribution in [0.2, 0.25) is 0 Å². The number of aromatic nitrogens is 1. The maximum absolute atomic E-state index is 13.1. The molecule has 1 saturated heterocycles. The molecule has 0 N–H and O–H groups in total. The second-order valence-electron chi connectivity index (χ2n) is 8.47. The van der Waals surface area contributed by atoms with Crippen LogP contribution < -0.4 is 9.54 Å². The first-order chi connectivity index (χ1) is 16.8. The first kappa shape index (κ1) is 25.6. The number of carbonyl (C=O) groups excluding carboxylic acids is 1. The first-order valence-electron chi connectivity index (χ1n) is 11.8. The van der Waals surface area contributed by atoms with Crippen molar-refractivity contribution in [3.63, 3.8) is 0 Å². The number of methoxy groups -OCH3 is 1. The van der Waals surface area contributed by atoms with Crippen LogP contribution in [0.3, 0.4) is 0 Å². The predicted octanol–water partition coefficient (Wildman–Crippen LogP) is 4.05. The number of hydrogen-bond donors (Lipinski definition) is 0. The van der Waals surface area contributed by atoms with Gasteiger partial charge in [0.15, 0.2) is 4.80 Å². The average molecular weight is 518 g/mol. The van der Waals surface area contributed by atoms with E-state index in [2.05, 4.69) is 4.99 Å². The molecule has 10 heteroatoms. The molecule has 8 nitrogen and oxygen atoms in total. The number of fused-ring (bicyclic) bond motifs is 1. The Hall–Kier alpha value is -2.53. The quantitative estimate of drug-likeness (QED) is 0.421. The van der Waals surface area contributed by atoms with Crippen molar-refractivity contribution in [2.24, 2.45) is 4.99 Å². The molecule has 1 amide bonds. The fraction of sp³-hybridized carbons (Fsp3) is 0.440. The molecule has 0 bridgehead atoms. The standard InChI is InChI=1S/C25H31N3O5S2/c1-4-33-16-15-27-22-13-10-20(32-3)17-23(22)34-25(27)26-24(29)19-8-11-21(12-9-19)35(30,31)28-14-6-5-7-18(28)2/h8-13,17-18H,4-7,14-16H2,1-3H3. The number of hydrogen-bond acceptors (Lipinski definition) is 6. The van der Waals surface area contributed by atoms with E-state index < -0.39 is 15.9 Å². The van der Waals surface area contributed by atoms with E-state index in [0.717, 1.165) is 35.2 Å². The van der Waals surface area contributed by atoms with Crippen LogP contribution in [-0.4, -0.2) is 56.1 Å². The van der Waals surface area contributed by atoms with Crippen LogP contribution in [0.15, 0.2) is 52.4 Å². The minimum absolute atomic E-state index is 0.0243. The van der Waals surface area contributed by atoms with Crippen molar-refractivity contribution in [3.8, 4) is 5.75 Å². The SMILES string of the molecule is CCOCCn1c(=NC(=O)c2ccc(S(=O)(=O)N3CCCCC3C)cc2)sc2cc(OC)ccc21. The minimum Gasteiger partial charge on any atom is -0.497 e. The van der Waals surface area contributed by atoms with Crippen molar-refractivity contribution >= 4 is 37.5 Å². The molecule has 1 aliphatic rings. The van der Waals surface area contributed by atoms with Gasteiger partial charge < -0.3 is 14.0 Å². The van der Waals surface area contributed by atoms with Crippen LogP contribution in [-0.2, 0) is 21.3 Å². The van der Waals surface area contributed by atoms with Crippen molar-refractivity contribution in [1.29, 1.82) is 0 Å². The highest BCUT2D eigenvalue weighted by molar-refractivity contribution is 7.89. The molecule has 2 heterocycles. The molecule has 0 aliphatic carbocycles. The van der Waals surface area contributed by atoms with Gasteiger partial charge in [-0.3, -0.25) is 4.79 Å². The van der Waals surface area contributed by atoms with Gasteiger partial charge in [0, 0.05) is 31.3 Å². The molecule has 0 spiro atoms. The van der Waals surface area contributed by atoms with Crippen molar-refractivity contribution < 1.29 is 22.7 Å². The maximum atomic E-state index is 13.1. The van der Waals surface area contributed by atoms with Gasteiger partial charge in [0.25, 0.3) is 5.91 Å². The molecule has 35 heavy (non-hydrogen) atoms. The van der Waals surface area contributed by atoms with Gasteiger partial charge in [-0.05, 0) is 69.2 Å². The zero-order valence-electron chi connectivity index (χ0n) is 20.3. The Morgan fingerprint density at radius 1 is 1.17 bits per heavy atom. The Bertz CT molecular complexity index is 1360. The van der Waals surface area contributed by atoms with Crippen molar-refractivity contribution in [2.45, 2.75) is 50.6 Å². The molecule has 1 aliphatic heterocycles. The summed E-state index contributed by atoms with van der Waals surface area (Å²) in [5, 5.41) is 0. The maximum Gasteiger partial charge on any atom is 0.279 e. The van der Waals surface area contributed by atoms with E-state index in [9.17, 15) is 13.2 Å². The Morgan fingerprint density at radius 2 is 1.94 bits per heavy atom. The Labute approximate surface area is 209 Å². The van der Waals surface area contributed by atoms with Gasteiger partial charge >= 0.3 is 0 Å². The third kappa shape index (κ3) is 5.50. The third-order valence-corrected chi connectivity index (χ3v) is 9.27. The molecule has 4 rings (SSSR count). The van der Waals surface area contributed by atoms with Crippen molar-refractivity contribution in [1.82, 2.24) is 8.87 Å². The third-order valence-electron chi connectivity index (χ3n) is 6.20. The number of sulfonamides is 1. The highest BCUT2D eigenvalue weighted by Crippen LogP contribution is 2.26. The number of thiazole rings is 1. The van der Waals surface area contributed by atoms with Crippen LogP contribution in [0, 0.1) is 0 Å². The van der Waals surface area contributed by atoms with Gasteiger partial charge in [0.1, 0.15) is 5.75 Å². The molecule has 1 aromatic heterocycles. The fourth-order valence-electron chi connectivity index (χ4n) is 4.27. The summed E-state index contributed by atoms with van der Waals surface area (Å²) in [6, 6.07) is 11.8. The number of benzene rings is 2. The van der Waals surface area contributed by atoms with Gasteiger partial charge in [-0.1, -0.05) is 17.8 Å². The van der Waals surface area contributed by atoms with Crippen molar-refractivity contribution in [2.75, 3.05) is 26.9 Å². The zero-order chi connectivity index (χ0) is 25.0. The molecule has 2 aromatic carbocycles. The van der Waals surface area contributed by atoms with Gasteiger partial charge in [-0.2, -0.15) is 9.30 Å². The lowest BCUT2D eigenvalue weighted by Crippen LogP contribution is -2.41. The summed E-state index contributed by atoms with van der Waals surface area (Å²) in [7, 11) is -1.98. The molecule has 3 aromatic rings. The number of carbonyl (C=O) groups is 1. The zero-order valence-corrected chi connectivity index (χ0v) is 21.9. The molecule has 1 fully saturated rings. The molecule has 1 unspecified atom stereocenters. The smallest absolute Gasteiger partial charge is 0.279 e. The first-order valence-corrected chi connectivity index (χ1v) is 14.1. The van der Waals surface area contributed by atoms with Gasteiger partial charge in [-0.25, -0.2) is 8.42 Å². The summed E-state index contributed by atoms with van der Waals surface area (Å²) in [5.41, 5.74) is 1.28. The highest BCUT2D eigenvalue weighted by Gasteiger charge is 2.30. The normalized spacial score (nSPS) is 17.7. The van der Waals surface area contributed by atoms with Crippen LogP contribution in [0.1, 0.15) is 43.5 Å². The predicted molar refractivity (Wildman–Crippen MR) is 136 cm³/mol. The Morgan fingerprint density at radius 3 is 2.63 bits per heavy atom. The van der Waals surface area contributed by atoms with E-state index in [1.165, 1.54) is 35.6 Å². The van der Waals surface area contributed by atoms with Crippen LogP contribution >= 0.6 is 11.3 Å². The van der Waals surface area contributed by atoms with Crippen LogP contribution in [0.5, 0.6) is 5.75 Å². The average Bonchev–Trinajstić information content (AvgIpc) is 3.20. The van der Waals surface area contributed by atoms with Gasteiger partial charge in [0.05, 0.1) is 28.8 Å². The Balaban J connectivity index is 1.64. The van der Waals surface area contributed by atoms with Gasteiger partial charge in [-0.15, -0.1) is 0 Å². The molecular weight excluding hydrogens is 486 g/mol. The molecule has 0 saturated carbocycles. The van der Waals surface area contributed by atoms with E-state index in [-0.39, 0.29) is 10.9 Å². The fourth-order valence-corrected chi connectivity index (χ4v) is 7.05. The minimum atomic E-state index is -3.59. The van der Waals surface area contributed by atoms with Crippen LogP contribution in [0.4, 0.5) is 0 Å². The number of amides is 1. The van der Waals surface area contributed by atoms with E-state index in [1.807, 2.05) is 36.6 Å². The second-order valence-corrected chi connectivity index (χ2v) is 11.4. The number of ether oxygens (including phenoxy) is 2. The number of nitrogens with zero attached hydrogens (tertiary/aromatic N) is 3. The van der Waals surface area contributed by atoms with Crippen LogP contribution in [0.25, 0.3) is 10.2 Å². The largest absolute Gasteiger partial charge is 0.497 e. The second kappa shape index (κ2) is 11.0. The molecule has 0 radical (unpaired) electrons. The molecule has 188 valence electrons. The summed E-state index contributed by atoms with van der Waals surface area (Å²) >= 11 is 1.40. The number of rotatable bonds is 8. The van der Waals surface area contributed by atoms with E-state index >= 15 is 0 Å². The summed E-state index contributed by atoms with van der Waals surface area (Å²) in [4.78, 5) is 18.2. The lowest BCUT2D eigenvalue weighted by atomic mass is 10.1. The molecule has 1 atom stereocenters. The van der Waals surface area contributed by atoms with Gasteiger partial charge in [0.2, 0.25) is 10.0 Å². The van der Waals surface area contributed by atoms with Crippen molar-refractivity contribution in [3.05, 3.63) is 52.8 Å². The summed E-state index contributed by atoms with van der Waals surface area (Å²) in [5.74, 6) is 0.303. The lowest BCUT2D eigenvalue weighted by Gasteiger charge is -2.32. The molecular formula is C25H31N3O5S2. The summed E-state index contributed by atoms with van der Waals surface area (Å²) < 4.78 is 41.5. The monoisotopic (exact) mass is 517 g/mol. The Kier molecular flexibility index (Phi) is 8.05. The lowest BCUT2D eigenvalue weighted by molar-refractivity contribution is 0.0996. The topological polar surface area (TPSA) is 90.2 Å². The highest BCUT2D eigenvalue weighted by atomic mass is 32.2. The summed E-state index contributed by atoms with van der Waals surface area (Å²) in [6.45, 7) is 6.06. The van der Waals surface area contributed by atoms with E-state index in [0.29, 0.717) is 36.7 Å².